The third-order valence-electron chi connectivity index (χ3n) is 2.73. The summed E-state index contributed by atoms with van der Waals surface area (Å²) in [5.41, 5.74) is 1.33. The van der Waals surface area contributed by atoms with Crippen LogP contribution < -0.4 is 5.32 Å². The van der Waals surface area contributed by atoms with Crippen LogP contribution in [0.1, 0.15) is 5.56 Å². The Morgan fingerprint density at radius 3 is 3.07 bits per heavy atom. The summed E-state index contributed by atoms with van der Waals surface area (Å²) in [5, 5.41) is 17.1. The zero-order chi connectivity index (χ0) is 9.97. The molecule has 1 aromatic heterocycles. The minimum atomic E-state index is -0.223. The van der Waals surface area contributed by atoms with Crippen LogP contribution in [-0.4, -0.2) is 42.3 Å². The largest absolute Gasteiger partial charge is 0.390 e. The lowest BCUT2D eigenvalue weighted by Gasteiger charge is -2.25. The Kier molecular flexibility index (Phi) is 3.18. The molecule has 0 saturated carbocycles. The zero-order valence-electron chi connectivity index (χ0n) is 8.31. The molecule has 0 spiro atoms. The van der Waals surface area contributed by atoms with Crippen molar-refractivity contribution in [2.75, 3.05) is 20.1 Å². The van der Waals surface area contributed by atoms with E-state index in [1.165, 1.54) is 5.56 Å². The van der Waals surface area contributed by atoms with Gasteiger partial charge in [-0.1, -0.05) is 0 Å². The first-order valence-corrected chi connectivity index (χ1v) is 5.82. The third kappa shape index (κ3) is 2.15. The van der Waals surface area contributed by atoms with E-state index in [9.17, 15) is 5.11 Å². The number of thiophene rings is 1. The zero-order valence-corrected chi connectivity index (χ0v) is 9.13. The molecule has 0 aromatic carbocycles. The molecule has 4 heteroatoms. The predicted molar refractivity (Wildman–Crippen MR) is 58.5 cm³/mol. The van der Waals surface area contributed by atoms with E-state index in [0.717, 1.165) is 19.6 Å². The van der Waals surface area contributed by atoms with Crippen molar-refractivity contribution in [3.8, 4) is 0 Å². The number of nitrogens with zero attached hydrogens (tertiary/aromatic N) is 1. The van der Waals surface area contributed by atoms with E-state index < -0.39 is 0 Å². The van der Waals surface area contributed by atoms with E-state index in [4.69, 9.17) is 0 Å². The predicted octanol–water partition coefficient (Wildman–Crippen LogP) is 0.513. The molecular weight excluding hydrogens is 196 g/mol. The van der Waals surface area contributed by atoms with Gasteiger partial charge in [-0.05, 0) is 29.4 Å². The fourth-order valence-electron chi connectivity index (χ4n) is 1.89. The van der Waals surface area contributed by atoms with Crippen LogP contribution in [0.4, 0.5) is 0 Å². The molecule has 1 aromatic rings. The van der Waals surface area contributed by atoms with E-state index >= 15 is 0 Å². The van der Waals surface area contributed by atoms with Gasteiger partial charge in [0.15, 0.2) is 0 Å². The van der Waals surface area contributed by atoms with Gasteiger partial charge in [0, 0.05) is 25.7 Å². The van der Waals surface area contributed by atoms with Crippen molar-refractivity contribution in [2.45, 2.75) is 18.7 Å². The number of rotatable bonds is 3. The number of hydrogen-bond acceptors (Lipinski definition) is 4. The van der Waals surface area contributed by atoms with Gasteiger partial charge in [-0.2, -0.15) is 11.3 Å². The van der Waals surface area contributed by atoms with Crippen molar-refractivity contribution in [1.82, 2.24) is 10.2 Å². The first-order valence-electron chi connectivity index (χ1n) is 4.87. The number of hydrogen-bond donors (Lipinski definition) is 2. The average Bonchev–Trinajstić information content (AvgIpc) is 2.75. The molecule has 1 fully saturated rings. The standard InChI is InChI=1S/C10H16N2OS/c1-12(6-8-2-3-14-7-8)9-4-11-5-10(9)13/h2-3,7,9-11,13H,4-6H2,1H3/t9-,10-/m1/s1. The molecule has 0 amide bonds. The van der Waals surface area contributed by atoms with E-state index in [1.54, 1.807) is 11.3 Å². The van der Waals surface area contributed by atoms with Crippen LogP contribution in [0.25, 0.3) is 0 Å². The third-order valence-corrected chi connectivity index (χ3v) is 3.46. The fourth-order valence-corrected chi connectivity index (χ4v) is 2.55. The van der Waals surface area contributed by atoms with Crippen molar-refractivity contribution in [2.24, 2.45) is 0 Å². The molecule has 2 atom stereocenters. The quantitative estimate of drug-likeness (QED) is 0.766. The minimum Gasteiger partial charge on any atom is -0.390 e. The van der Waals surface area contributed by atoms with Gasteiger partial charge in [-0.3, -0.25) is 4.90 Å². The van der Waals surface area contributed by atoms with Gasteiger partial charge >= 0.3 is 0 Å². The molecule has 2 heterocycles. The number of likely N-dealkylation sites (N-methyl/N-ethyl adjacent to an activating group) is 1. The first kappa shape index (κ1) is 10.1. The van der Waals surface area contributed by atoms with E-state index in [0.29, 0.717) is 0 Å². The second-order valence-electron chi connectivity index (χ2n) is 3.84. The Morgan fingerprint density at radius 1 is 1.64 bits per heavy atom. The van der Waals surface area contributed by atoms with E-state index in [-0.39, 0.29) is 12.1 Å². The molecule has 2 N–H and O–H groups in total. The normalized spacial score (nSPS) is 27.4. The lowest BCUT2D eigenvalue weighted by molar-refractivity contribution is 0.0956. The van der Waals surface area contributed by atoms with Gasteiger partial charge in [-0.15, -0.1) is 0 Å². The van der Waals surface area contributed by atoms with Gasteiger partial charge < -0.3 is 10.4 Å². The van der Waals surface area contributed by atoms with Gasteiger partial charge in [0.25, 0.3) is 0 Å². The summed E-state index contributed by atoms with van der Waals surface area (Å²) in [6, 6.07) is 2.39. The molecule has 1 saturated heterocycles. The van der Waals surface area contributed by atoms with Crippen molar-refractivity contribution in [1.29, 1.82) is 0 Å². The summed E-state index contributed by atoms with van der Waals surface area (Å²) in [6.45, 7) is 2.54. The maximum atomic E-state index is 9.69. The topological polar surface area (TPSA) is 35.5 Å². The molecule has 1 aliphatic rings. The van der Waals surface area contributed by atoms with Gasteiger partial charge in [0.05, 0.1) is 6.10 Å². The molecule has 14 heavy (non-hydrogen) atoms. The van der Waals surface area contributed by atoms with Crippen LogP contribution in [0.15, 0.2) is 16.8 Å². The summed E-state index contributed by atoms with van der Waals surface area (Å²) in [7, 11) is 2.07. The van der Waals surface area contributed by atoms with Crippen molar-refractivity contribution >= 4 is 11.3 Å². The van der Waals surface area contributed by atoms with Gasteiger partial charge in [-0.25, -0.2) is 0 Å². The smallest absolute Gasteiger partial charge is 0.0831 e. The molecular formula is C10H16N2OS. The second kappa shape index (κ2) is 4.40. The van der Waals surface area contributed by atoms with Crippen molar-refractivity contribution < 1.29 is 5.11 Å². The lowest BCUT2D eigenvalue weighted by atomic mass is 10.2. The van der Waals surface area contributed by atoms with Crippen molar-refractivity contribution in [3.05, 3.63) is 22.4 Å². The second-order valence-corrected chi connectivity index (χ2v) is 4.62. The van der Waals surface area contributed by atoms with Crippen molar-refractivity contribution in [3.63, 3.8) is 0 Å². The number of aliphatic hydroxyl groups is 1. The molecule has 78 valence electrons. The Labute approximate surface area is 88.4 Å². The highest BCUT2D eigenvalue weighted by Crippen LogP contribution is 2.13. The molecule has 1 aliphatic heterocycles. The monoisotopic (exact) mass is 212 g/mol. The lowest BCUT2D eigenvalue weighted by Crippen LogP contribution is -2.40. The van der Waals surface area contributed by atoms with Crippen LogP contribution in [0, 0.1) is 0 Å². The summed E-state index contributed by atoms with van der Waals surface area (Å²) in [4.78, 5) is 2.22. The maximum absolute atomic E-state index is 9.69. The first-order chi connectivity index (χ1) is 6.77. The Bertz CT molecular complexity index is 276. The highest BCUT2D eigenvalue weighted by atomic mass is 32.1. The van der Waals surface area contributed by atoms with Crippen LogP contribution >= 0.6 is 11.3 Å². The number of nitrogens with one attached hydrogen (secondary N) is 1. The molecule has 0 unspecified atom stereocenters. The average molecular weight is 212 g/mol. The summed E-state index contributed by atoms with van der Waals surface area (Å²) in [5.74, 6) is 0. The SMILES string of the molecule is CN(Cc1ccsc1)[C@@H]1CNC[C@H]1O. The summed E-state index contributed by atoms with van der Waals surface area (Å²) < 4.78 is 0. The highest BCUT2D eigenvalue weighted by Gasteiger charge is 2.28. The van der Waals surface area contributed by atoms with Crippen LogP contribution in [0.3, 0.4) is 0 Å². The van der Waals surface area contributed by atoms with Crippen LogP contribution in [-0.2, 0) is 6.54 Å². The van der Waals surface area contributed by atoms with Gasteiger partial charge in [0.1, 0.15) is 0 Å². The maximum Gasteiger partial charge on any atom is 0.0831 e. The Balaban J connectivity index is 1.92. The van der Waals surface area contributed by atoms with Gasteiger partial charge in [0.2, 0.25) is 0 Å². The molecule has 0 radical (unpaired) electrons. The summed E-state index contributed by atoms with van der Waals surface area (Å²) >= 11 is 1.72. The Hall–Kier alpha value is -0.420. The number of β-amino-alcohol motifs (C(OH)–C–C–N with tert-alkyl or cyclic N) is 1. The molecule has 2 rings (SSSR count). The van der Waals surface area contributed by atoms with E-state index in [1.807, 2.05) is 0 Å². The number of aliphatic hydroxyl groups excluding tert-OH is 1. The van der Waals surface area contributed by atoms with Crippen LogP contribution in [0.5, 0.6) is 0 Å². The van der Waals surface area contributed by atoms with E-state index in [2.05, 4.69) is 34.1 Å². The minimum absolute atomic E-state index is 0.223. The Morgan fingerprint density at radius 2 is 2.50 bits per heavy atom. The summed E-state index contributed by atoms with van der Waals surface area (Å²) in [6.07, 6.45) is -0.223. The molecule has 3 nitrogen and oxygen atoms in total. The molecule has 0 bridgehead atoms. The van der Waals surface area contributed by atoms with Crippen LogP contribution in [0.2, 0.25) is 0 Å². The fraction of sp³-hybridized carbons (Fsp3) is 0.600. The molecule has 0 aliphatic carbocycles. The highest BCUT2D eigenvalue weighted by molar-refractivity contribution is 7.07.